The van der Waals surface area contributed by atoms with Gasteiger partial charge in [0.15, 0.2) is 0 Å². The summed E-state index contributed by atoms with van der Waals surface area (Å²) < 4.78 is 5.29. The first-order valence-corrected chi connectivity index (χ1v) is 8.58. The number of aryl methyl sites for hydroxylation is 2. The van der Waals surface area contributed by atoms with E-state index in [-0.39, 0.29) is 5.91 Å². The first-order valence-electron chi connectivity index (χ1n) is 8.58. The minimum atomic E-state index is -0.403. The van der Waals surface area contributed by atoms with Crippen LogP contribution in [0, 0.1) is 13.8 Å². The number of carbonyl (C=O) groups is 1. The maximum Gasteiger partial charge on any atom is 0.235 e. The van der Waals surface area contributed by atoms with E-state index < -0.39 is 5.41 Å². The van der Waals surface area contributed by atoms with Crippen molar-refractivity contribution in [1.29, 1.82) is 0 Å². The molecule has 1 aliphatic carbocycles. The molecule has 24 heavy (non-hydrogen) atoms. The molecule has 2 aromatic rings. The first-order chi connectivity index (χ1) is 11.5. The zero-order chi connectivity index (χ0) is 17.2. The highest BCUT2D eigenvalue weighted by molar-refractivity contribution is 5.99. The number of anilines is 1. The molecule has 0 unspecified atom stereocenters. The molecule has 0 heterocycles. The van der Waals surface area contributed by atoms with Gasteiger partial charge in [-0.1, -0.05) is 42.7 Å². The Morgan fingerprint density at radius 1 is 1.08 bits per heavy atom. The van der Waals surface area contributed by atoms with Crippen LogP contribution < -0.4 is 10.1 Å². The maximum atomic E-state index is 13.2. The van der Waals surface area contributed by atoms with Crippen molar-refractivity contribution in [2.24, 2.45) is 0 Å². The second-order valence-corrected chi connectivity index (χ2v) is 6.80. The summed E-state index contributed by atoms with van der Waals surface area (Å²) in [6.07, 6.45) is 4.03. The van der Waals surface area contributed by atoms with Crippen molar-refractivity contribution in [2.45, 2.75) is 44.9 Å². The highest BCUT2D eigenvalue weighted by Crippen LogP contribution is 2.42. The average molecular weight is 323 g/mol. The summed E-state index contributed by atoms with van der Waals surface area (Å²) in [6.45, 7) is 4.07. The van der Waals surface area contributed by atoms with E-state index >= 15 is 0 Å². The zero-order valence-electron chi connectivity index (χ0n) is 14.7. The van der Waals surface area contributed by atoms with Gasteiger partial charge in [-0.05, 0) is 56.0 Å². The molecule has 3 nitrogen and oxygen atoms in total. The minimum Gasteiger partial charge on any atom is -0.496 e. The number of ether oxygens (including phenoxy) is 1. The van der Waals surface area contributed by atoms with Gasteiger partial charge in [0.25, 0.3) is 0 Å². The smallest absolute Gasteiger partial charge is 0.235 e. The summed E-state index contributed by atoms with van der Waals surface area (Å²) >= 11 is 0. The fourth-order valence-corrected chi connectivity index (χ4v) is 3.78. The van der Waals surface area contributed by atoms with Crippen LogP contribution in [-0.2, 0) is 10.2 Å². The van der Waals surface area contributed by atoms with Gasteiger partial charge >= 0.3 is 0 Å². The van der Waals surface area contributed by atoms with Gasteiger partial charge in [0.1, 0.15) is 5.75 Å². The number of benzene rings is 2. The second-order valence-electron chi connectivity index (χ2n) is 6.80. The van der Waals surface area contributed by atoms with Crippen molar-refractivity contribution in [2.75, 3.05) is 12.4 Å². The third-order valence-electron chi connectivity index (χ3n) is 5.12. The molecular weight excluding hydrogens is 298 g/mol. The van der Waals surface area contributed by atoms with E-state index in [1.807, 2.05) is 25.1 Å². The molecule has 0 saturated heterocycles. The summed E-state index contributed by atoms with van der Waals surface area (Å²) in [7, 11) is 1.66. The standard InChI is InChI=1S/C21H25NO2/c1-15-7-6-8-17(13-15)21(11-4-5-12-21)20(23)22-18-9-10-19(24-3)16(2)14-18/h6-10,13-14H,4-5,11-12H2,1-3H3,(H,22,23). The lowest BCUT2D eigenvalue weighted by atomic mass is 9.77. The summed E-state index contributed by atoms with van der Waals surface area (Å²) in [5.74, 6) is 0.942. The number of hydrogen-bond donors (Lipinski definition) is 1. The number of rotatable bonds is 4. The second kappa shape index (κ2) is 6.68. The molecular formula is C21H25NO2. The molecule has 0 bridgehead atoms. The van der Waals surface area contributed by atoms with Gasteiger partial charge in [-0.15, -0.1) is 0 Å². The first kappa shape index (κ1) is 16.6. The quantitative estimate of drug-likeness (QED) is 0.880. The molecule has 1 aliphatic rings. The number of nitrogens with one attached hydrogen (secondary N) is 1. The van der Waals surface area contributed by atoms with E-state index in [2.05, 4.69) is 36.5 Å². The lowest BCUT2D eigenvalue weighted by Crippen LogP contribution is -2.38. The summed E-state index contributed by atoms with van der Waals surface area (Å²) in [5, 5.41) is 3.14. The Hall–Kier alpha value is -2.29. The molecule has 3 rings (SSSR count). The Morgan fingerprint density at radius 3 is 2.46 bits per heavy atom. The molecule has 2 aromatic carbocycles. The van der Waals surface area contributed by atoms with Crippen LogP contribution in [0.4, 0.5) is 5.69 Å². The largest absolute Gasteiger partial charge is 0.496 e. The maximum absolute atomic E-state index is 13.2. The molecule has 1 saturated carbocycles. The third-order valence-corrected chi connectivity index (χ3v) is 5.12. The van der Waals surface area contributed by atoms with E-state index in [1.165, 1.54) is 5.56 Å². The van der Waals surface area contributed by atoms with Crippen molar-refractivity contribution >= 4 is 11.6 Å². The van der Waals surface area contributed by atoms with Crippen LogP contribution in [0.15, 0.2) is 42.5 Å². The van der Waals surface area contributed by atoms with E-state index in [4.69, 9.17) is 4.74 Å². The lowest BCUT2D eigenvalue weighted by molar-refractivity contribution is -0.121. The van der Waals surface area contributed by atoms with Gasteiger partial charge in [-0.3, -0.25) is 4.79 Å². The van der Waals surface area contributed by atoms with Crippen LogP contribution in [0.25, 0.3) is 0 Å². The number of hydrogen-bond acceptors (Lipinski definition) is 2. The molecule has 3 heteroatoms. The fourth-order valence-electron chi connectivity index (χ4n) is 3.78. The topological polar surface area (TPSA) is 38.3 Å². The van der Waals surface area contributed by atoms with Gasteiger partial charge < -0.3 is 10.1 Å². The molecule has 0 aliphatic heterocycles. The highest BCUT2D eigenvalue weighted by atomic mass is 16.5. The van der Waals surface area contributed by atoms with Crippen LogP contribution in [-0.4, -0.2) is 13.0 Å². The molecule has 126 valence electrons. The van der Waals surface area contributed by atoms with E-state index in [0.29, 0.717) is 0 Å². The van der Waals surface area contributed by atoms with Crippen molar-refractivity contribution in [3.8, 4) is 5.75 Å². The Kier molecular flexibility index (Phi) is 4.61. The lowest BCUT2D eigenvalue weighted by Gasteiger charge is -2.29. The molecule has 1 fully saturated rings. The Morgan fingerprint density at radius 2 is 1.83 bits per heavy atom. The highest BCUT2D eigenvalue weighted by Gasteiger charge is 2.42. The van der Waals surface area contributed by atoms with Gasteiger partial charge in [0, 0.05) is 5.69 Å². The third kappa shape index (κ3) is 3.03. The number of amides is 1. The summed E-state index contributed by atoms with van der Waals surface area (Å²) in [4.78, 5) is 13.2. The summed E-state index contributed by atoms with van der Waals surface area (Å²) in [6, 6.07) is 14.2. The van der Waals surface area contributed by atoms with Crippen LogP contribution >= 0.6 is 0 Å². The van der Waals surface area contributed by atoms with Crippen molar-refractivity contribution in [1.82, 2.24) is 0 Å². The normalized spacial score (nSPS) is 16.0. The monoisotopic (exact) mass is 323 g/mol. The van der Waals surface area contributed by atoms with Gasteiger partial charge in [-0.2, -0.15) is 0 Å². The average Bonchev–Trinajstić information content (AvgIpc) is 3.06. The predicted molar refractivity (Wildman–Crippen MR) is 97.7 cm³/mol. The zero-order valence-corrected chi connectivity index (χ0v) is 14.7. The predicted octanol–water partition coefficient (Wildman–Crippen LogP) is 4.76. The van der Waals surface area contributed by atoms with E-state index in [1.54, 1.807) is 7.11 Å². The Bertz CT molecular complexity index is 745. The molecule has 0 atom stereocenters. The van der Waals surface area contributed by atoms with Crippen LogP contribution in [0.2, 0.25) is 0 Å². The number of carbonyl (C=O) groups excluding carboxylic acids is 1. The SMILES string of the molecule is COc1ccc(NC(=O)C2(c3cccc(C)c3)CCCC2)cc1C. The molecule has 1 N–H and O–H groups in total. The van der Waals surface area contributed by atoms with E-state index in [0.717, 1.165) is 48.2 Å². The minimum absolute atomic E-state index is 0.107. The van der Waals surface area contributed by atoms with Gasteiger partial charge in [-0.25, -0.2) is 0 Å². The molecule has 1 amide bonds. The molecule has 0 spiro atoms. The van der Waals surface area contributed by atoms with Crippen LogP contribution in [0.5, 0.6) is 5.75 Å². The molecule has 0 radical (unpaired) electrons. The fraction of sp³-hybridized carbons (Fsp3) is 0.381. The Balaban J connectivity index is 1.89. The molecule has 0 aromatic heterocycles. The van der Waals surface area contributed by atoms with Crippen LogP contribution in [0.1, 0.15) is 42.4 Å². The van der Waals surface area contributed by atoms with Crippen molar-refractivity contribution in [3.63, 3.8) is 0 Å². The van der Waals surface area contributed by atoms with Gasteiger partial charge in [0.05, 0.1) is 12.5 Å². The van der Waals surface area contributed by atoms with Crippen LogP contribution in [0.3, 0.4) is 0 Å². The van der Waals surface area contributed by atoms with Gasteiger partial charge in [0.2, 0.25) is 5.91 Å². The number of methoxy groups -OCH3 is 1. The summed E-state index contributed by atoms with van der Waals surface area (Å²) in [5.41, 5.74) is 3.79. The van der Waals surface area contributed by atoms with E-state index in [9.17, 15) is 4.79 Å². The van der Waals surface area contributed by atoms with Crippen molar-refractivity contribution in [3.05, 3.63) is 59.2 Å². The van der Waals surface area contributed by atoms with Crippen molar-refractivity contribution < 1.29 is 9.53 Å². The Labute approximate surface area is 144 Å².